The first kappa shape index (κ1) is 17.9. The van der Waals surface area contributed by atoms with Crippen molar-refractivity contribution < 1.29 is 24.2 Å². The molecule has 0 fully saturated rings. The monoisotopic (exact) mass is 274 g/mol. The predicted molar refractivity (Wildman–Crippen MR) is 71.6 cm³/mol. The molecule has 0 spiro atoms. The minimum Gasteiger partial charge on any atom is -0.466 e. The number of aliphatic hydroxyl groups excluding tert-OH is 1. The molecule has 19 heavy (non-hydrogen) atoms. The summed E-state index contributed by atoms with van der Waals surface area (Å²) in [7, 11) is 0. The molecule has 0 amide bonds. The van der Waals surface area contributed by atoms with Crippen LogP contribution in [0, 0.1) is 0 Å². The number of hydrogen-bond donors (Lipinski definition) is 1. The number of hydrogen-bond acceptors (Lipinski definition) is 5. The van der Waals surface area contributed by atoms with Gasteiger partial charge in [-0.25, -0.2) is 4.79 Å². The van der Waals surface area contributed by atoms with E-state index in [0.29, 0.717) is 6.61 Å². The van der Waals surface area contributed by atoms with Crippen molar-refractivity contribution in [1.29, 1.82) is 0 Å². The van der Waals surface area contributed by atoms with Crippen LogP contribution in [-0.4, -0.2) is 36.4 Å². The van der Waals surface area contributed by atoms with Gasteiger partial charge < -0.3 is 14.6 Å². The lowest BCUT2D eigenvalue weighted by molar-refractivity contribution is -0.160. The highest BCUT2D eigenvalue weighted by Crippen LogP contribution is 2.02. The van der Waals surface area contributed by atoms with Crippen LogP contribution in [0.25, 0.3) is 0 Å². The zero-order valence-corrected chi connectivity index (χ0v) is 12.0. The lowest BCUT2D eigenvalue weighted by Crippen LogP contribution is -2.27. The molecule has 0 radical (unpaired) electrons. The van der Waals surface area contributed by atoms with Crippen LogP contribution in [0.4, 0.5) is 0 Å². The molecule has 0 aromatic rings. The van der Waals surface area contributed by atoms with Gasteiger partial charge in [-0.15, -0.1) is 0 Å². The summed E-state index contributed by atoms with van der Waals surface area (Å²) in [5, 5.41) is 9.47. The molecular formula is C14H26O5. The maximum atomic E-state index is 11.3. The molecule has 0 aliphatic heterocycles. The lowest BCUT2D eigenvalue weighted by Gasteiger charge is -2.10. The summed E-state index contributed by atoms with van der Waals surface area (Å²) in [6.45, 7) is 4.73. The van der Waals surface area contributed by atoms with Gasteiger partial charge in [0.05, 0.1) is 19.6 Å². The van der Waals surface area contributed by atoms with Crippen molar-refractivity contribution in [3.05, 3.63) is 0 Å². The molecule has 0 aromatic heterocycles. The second-order valence-corrected chi connectivity index (χ2v) is 4.52. The molecule has 0 aliphatic carbocycles. The Labute approximate surface area is 115 Å². The molecular weight excluding hydrogens is 248 g/mol. The van der Waals surface area contributed by atoms with Crippen molar-refractivity contribution in [1.82, 2.24) is 0 Å². The normalized spacial score (nSPS) is 11.9. The summed E-state index contributed by atoms with van der Waals surface area (Å²) in [6.07, 6.45) is 3.88. The fourth-order valence-electron chi connectivity index (χ4n) is 1.46. The van der Waals surface area contributed by atoms with Gasteiger partial charge in [0.25, 0.3) is 0 Å². The minimum atomic E-state index is -1.42. The van der Waals surface area contributed by atoms with Gasteiger partial charge in [-0.1, -0.05) is 39.5 Å². The third-order valence-electron chi connectivity index (χ3n) is 2.64. The van der Waals surface area contributed by atoms with E-state index >= 15 is 0 Å². The Morgan fingerprint density at radius 1 is 0.947 bits per heavy atom. The molecule has 112 valence electrons. The van der Waals surface area contributed by atoms with E-state index in [1.54, 1.807) is 0 Å². The number of unbranched alkanes of at least 4 members (excludes halogenated alkanes) is 4. The van der Waals surface area contributed by atoms with Gasteiger partial charge in [-0.2, -0.15) is 0 Å². The van der Waals surface area contributed by atoms with Crippen molar-refractivity contribution in [2.24, 2.45) is 0 Å². The number of carbonyl (C=O) groups is 2. The standard InChI is InChI=1S/C14H26O5/c1-3-5-7-9-18-13(16)11-12(15)14(17)19-10-8-6-4-2/h12,15H,3-11H2,1-2H3. The van der Waals surface area contributed by atoms with Crippen LogP contribution < -0.4 is 0 Å². The van der Waals surface area contributed by atoms with Gasteiger partial charge >= 0.3 is 11.9 Å². The number of esters is 2. The zero-order valence-electron chi connectivity index (χ0n) is 12.0. The Bertz CT molecular complexity index is 252. The summed E-state index contributed by atoms with van der Waals surface area (Å²) < 4.78 is 9.75. The molecule has 0 bridgehead atoms. The van der Waals surface area contributed by atoms with E-state index in [-0.39, 0.29) is 13.0 Å². The number of rotatable bonds is 11. The molecule has 0 saturated carbocycles. The Morgan fingerprint density at radius 2 is 1.47 bits per heavy atom. The third kappa shape index (κ3) is 10.5. The first-order valence-electron chi connectivity index (χ1n) is 7.12. The fraction of sp³-hybridized carbons (Fsp3) is 0.857. The first-order valence-corrected chi connectivity index (χ1v) is 7.12. The van der Waals surface area contributed by atoms with Gasteiger partial charge in [-0.05, 0) is 12.8 Å². The average molecular weight is 274 g/mol. The van der Waals surface area contributed by atoms with E-state index in [1.165, 1.54) is 0 Å². The Kier molecular flexibility index (Phi) is 11.3. The molecule has 0 heterocycles. The summed E-state index contributed by atoms with van der Waals surface area (Å²) in [4.78, 5) is 22.6. The van der Waals surface area contributed by atoms with Gasteiger partial charge in [-0.3, -0.25) is 4.79 Å². The van der Waals surface area contributed by atoms with E-state index in [0.717, 1.165) is 38.5 Å². The highest BCUT2D eigenvalue weighted by molar-refractivity contribution is 5.81. The van der Waals surface area contributed by atoms with Crippen LogP contribution in [0.1, 0.15) is 58.8 Å². The fourth-order valence-corrected chi connectivity index (χ4v) is 1.46. The highest BCUT2D eigenvalue weighted by Gasteiger charge is 2.21. The molecule has 0 rings (SSSR count). The Balaban J connectivity index is 3.66. The quantitative estimate of drug-likeness (QED) is 0.462. The van der Waals surface area contributed by atoms with Crippen LogP contribution in [0.2, 0.25) is 0 Å². The van der Waals surface area contributed by atoms with Crippen molar-refractivity contribution >= 4 is 11.9 Å². The molecule has 5 heteroatoms. The summed E-state index contributed by atoms with van der Waals surface area (Å²) in [6, 6.07) is 0. The molecule has 1 N–H and O–H groups in total. The zero-order chi connectivity index (χ0) is 14.5. The first-order chi connectivity index (χ1) is 9.11. The van der Waals surface area contributed by atoms with Crippen LogP contribution in [0.15, 0.2) is 0 Å². The van der Waals surface area contributed by atoms with Crippen molar-refractivity contribution in [2.45, 2.75) is 64.9 Å². The van der Waals surface area contributed by atoms with E-state index in [2.05, 4.69) is 6.92 Å². The maximum absolute atomic E-state index is 11.3. The molecule has 5 nitrogen and oxygen atoms in total. The van der Waals surface area contributed by atoms with Gasteiger partial charge in [0.2, 0.25) is 0 Å². The smallest absolute Gasteiger partial charge is 0.335 e. The van der Waals surface area contributed by atoms with Crippen LogP contribution in [-0.2, 0) is 19.1 Å². The topological polar surface area (TPSA) is 72.8 Å². The summed E-state index contributed by atoms with van der Waals surface area (Å²) in [5.74, 6) is -1.31. The molecule has 0 saturated heterocycles. The summed E-state index contributed by atoms with van der Waals surface area (Å²) in [5.41, 5.74) is 0. The summed E-state index contributed by atoms with van der Waals surface area (Å²) >= 11 is 0. The molecule has 1 atom stereocenters. The second kappa shape index (κ2) is 12.0. The van der Waals surface area contributed by atoms with Crippen molar-refractivity contribution in [3.63, 3.8) is 0 Å². The van der Waals surface area contributed by atoms with E-state index in [1.807, 2.05) is 6.92 Å². The average Bonchev–Trinajstić information content (AvgIpc) is 2.39. The van der Waals surface area contributed by atoms with E-state index in [9.17, 15) is 14.7 Å². The van der Waals surface area contributed by atoms with Crippen LogP contribution in [0.3, 0.4) is 0 Å². The number of aliphatic hydroxyl groups is 1. The highest BCUT2D eigenvalue weighted by atomic mass is 16.6. The van der Waals surface area contributed by atoms with Crippen molar-refractivity contribution in [2.75, 3.05) is 13.2 Å². The lowest BCUT2D eigenvalue weighted by atomic mass is 10.2. The Morgan fingerprint density at radius 3 is 2.00 bits per heavy atom. The molecule has 1 unspecified atom stereocenters. The predicted octanol–water partition coefficient (Wildman–Crippen LogP) is 2.20. The molecule has 0 aliphatic rings. The van der Waals surface area contributed by atoms with Gasteiger partial charge in [0, 0.05) is 0 Å². The Hall–Kier alpha value is -1.10. The van der Waals surface area contributed by atoms with E-state index < -0.39 is 18.0 Å². The third-order valence-corrected chi connectivity index (χ3v) is 2.64. The second-order valence-electron chi connectivity index (χ2n) is 4.52. The van der Waals surface area contributed by atoms with Crippen LogP contribution in [0.5, 0.6) is 0 Å². The SMILES string of the molecule is CCCCCOC(=O)CC(O)C(=O)OCCCCC. The van der Waals surface area contributed by atoms with Crippen molar-refractivity contribution in [3.8, 4) is 0 Å². The van der Waals surface area contributed by atoms with Gasteiger partial charge in [0.15, 0.2) is 6.10 Å². The van der Waals surface area contributed by atoms with Crippen LogP contribution >= 0.6 is 0 Å². The minimum absolute atomic E-state index is 0.287. The maximum Gasteiger partial charge on any atom is 0.335 e. The van der Waals surface area contributed by atoms with Gasteiger partial charge in [0.1, 0.15) is 0 Å². The molecule has 0 aromatic carbocycles. The number of carbonyl (C=O) groups excluding carboxylic acids is 2. The number of ether oxygens (including phenoxy) is 2. The van der Waals surface area contributed by atoms with E-state index in [4.69, 9.17) is 9.47 Å². The largest absolute Gasteiger partial charge is 0.466 e.